The van der Waals surface area contributed by atoms with Gasteiger partial charge in [0.15, 0.2) is 0 Å². The fourth-order valence-corrected chi connectivity index (χ4v) is 3.13. The first-order chi connectivity index (χ1) is 8.82. The summed E-state index contributed by atoms with van der Waals surface area (Å²) in [5.41, 5.74) is 0.665. The Morgan fingerprint density at radius 3 is 2.63 bits per heavy atom. The van der Waals surface area contributed by atoms with Gasteiger partial charge in [-0.05, 0) is 18.2 Å². The first kappa shape index (κ1) is 14.1. The molecule has 0 bridgehead atoms. The number of carbonyl (C=O) groups excluding carboxylic acids is 1. The molecule has 19 heavy (non-hydrogen) atoms. The highest BCUT2D eigenvalue weighted by molar-refractivity contribution is 8.14. The van der Waals surface area contributed by atoms with Gasteiger partial charge in [0.05, 0.1) is 22.3 Å². The van der Waals surface area contributed by atoms with Crippen molar-refractivity contribution in [1.29, 1.82) is 5.26 Å². The minimum Gasteiger partial charge on any atom is -0.309 e. The third-order valence-corrected chi connectivity index (χ3v) is 5.04. The van der Waals surface area contributed by atoms with Crippen LogP contribution in [0.15, 0.2) is 18.2 Å². The summed E-state index contributed by atoms with van der Waals surface area (Å²) in [5.74, 6) is -0.383. The van der Waals surface area contributed by atoms with Crippen LogP contribution in [0.2, 0.25) is 5.02 Å². The van der Waals surface area contributed by atoms with Gasteiger partial charge in [-0.25, -0.2) is 8.42 Å². The lowest BCUT2D eigenvalue weighted by molar-refractivity contribution is -0.117. The molecule has 1 amide bonds. The number of nitriles is 1. The summed E-state index contributed by atoms with van der Waals surface area (Å²) >= 11 is 5.97. The summed E-state index contributed by atoms with van der Waals surface area (Å²) in [6.07, 6.45) is -0.182. The Hall–Kier alpha value is -1.29. The number of nitrogens with zero attached hydrogens (tertiary/aromatic N) is 2. The first-order valence-electron chi connectivity index (χ1n) is 5.26. The molecule has 5 nitrogen and oxygen atoms in total. The molecule has 2 rings (SSSR count). The number of carbonyl (C=O) groups is 1. The van der Waals surface area contributed by atoms with Crippen molar-refractivity contribution in [3.8, 4) is 6.07 Å². The van der Waals surface area contributed by atoms with Crippen LogP contribution < -0.4 is 4.90 Å². The smallest absolute Gasteiger partial charge is 0.237 e. The lowest BCUT2D eigenvalue weighted by atomic mass is 10.2. The highest BCUT2D eigenvalue weighted by atomic mass is 35.7. The van der Waals surface area contributed by atoms with Crippen molar-refractivity contribution in [3.05, 3.63) is 28.8 Å². The summed E-state index contributed by atoms with van der Waals surface area (Å²) < 4.78 is 22.5. The van der Waals surface area contributed by atoms with Crippen LogP contribution in [-0.2, 0) is 13.8 Å². The summed E-state index contributed by atoms with van der Waals surface area (Å²) in [4.78, 5) is 13.1. The van der Waals surface area contributed by atoms with Gasteiger partial charge in [0.25, 0.3) is 0 Å². The van der Waals surface area contributed by atoms with E-state index in [-0.39, 0.29) is 23.9 Å². The zero-order valence-corrected chi connectivity index (χ0v) is 11.8. The van der Waals surface area contributed by atoms with Gasteiger partial charge in [-0.3, -0.25) is 4.79 Å². The number of hydrogen-bond donors (Lipinski definition) is 0. The minimum absolute atomic E-state index is 0.0563. The Balaban J connectivity index is 2.39. The quantitative estimate of drug-likeness (QED) is 0.780. The molecule has 1 fully saturated rings. The van der Waals surface area contributed by atoms with Crippen molar-refractivity contribution >= 4 is 42.9 Å². The van der Waals surface area contributed by atoms with Gasteiger partial charge >= 0.3 is 0 Å². The fourth-order valence-electron chi connectivity index (χ4n) is 1.89. The fraction of sp³-hybridized carbons (Fsp3) is 0.273. The summed E-state index contributed by atoms with van der Waals surface area (Å²) in [6.45, 7) is -0.0563. The molecule has 0 radical (unpaired) electrons. The molecule has 1 aromatic carbocycles. The third kappa shape index (κ3) is 2.84. The summed E-state index contributed by atoms with van der Waals surface area (Å²) in [7, 11) is 1.46. The SMILES string of the molecule is N#Cc1ccc(Cl)c(N2CC(S(=O)(=O)Cl)CC2=O)c1. The van der Waals surface area contributed by atoms with Crippen LogP contribution in [0.3, 0.4) is 0 Å². The van der Waals surface area contributed by atoms with E-state index in [2.05, 4.69) is 0 Å². The van der Waals surface area contributed by atoms with Gasteiger partial charge in [0.2, 0.25) is 15.0 Å². The van der Waals surface area contributed by atoms with Crippen molar-refractivity contribution in [2.24, 2.45) is 0 Å². The van der Waals surface area contributed by atoms with E-state index in [1.165, 1.54) is 23.1 Å². The number of hydrogen-bond acceptors (Lipinski definition) is 4. The van der Waals surface area contributed by atoms with E-state index in [4.69, 9.17) is 27.5 Å². The number of amides is 1. The number of rotatable bonds is 2. The van der Waals surface area contributed by atoms with Crippen molar-refractivity contribution in [3.63, 3.8) is 0 Å². The van der Waals surface area contributed by atoms with E-state index in [1.807, 2.05) is 6.07 Å². The van der Waals surface area contributed by atoms with Gasteiger partial charge < -0.3 is 4.90 Å². The first-order valence-corrected chi connectivity index (χ1v) is 8.01. The van der Waals surface area contributed by atoms with Gasteiger partial charge in [-0.1, -0.05) is 11.6 Å². The highest BCUT2D eigenvalue weighted by Gasteiger charge is 2.38. The largest absolute Gasteiger partial charge is 0.309 e. The standard InChI is InChI=1S/C11H8Cl2N2O3S/c12-9-2-1-7(5-14)3-10(9)15-6-8(4-11(15)16)19(13,17)18/h1-3,8H,4,6H2. The lowest BCUT2D eigenvalue weighted by Crippen LogP contribution is -2.27. The third-order valence-electron chi connectivity index (χ3n) is 2.85. The molecule has 0 aliphatic carbocycles. The zero-order valence-electron chi connectivity index (χ0n) is 9.51. The maximum absolute atomic E-state index is 11.8. The second-order valence-electron chi connectivity index (χ2n) is 4.08. The molecule has 0 saturated carbocycles. The predicted molar refractivity (Wildman–Crippen MR) is 71.7 cm³/mol. The van der Waals surface area contributed by atoms with Gasteiger partial charge in [0.1, 0.15) is 5.25 Å². The lowest BCUT2D eigenvalue weighted by Gasteiger charge is -2.17. The molecule has 1 aliphatic heterocycles. The normalized spacial score (nSPS) is 19.5. The van der Waals surface area contributed by atoms with E-state index >= 15 is 0 Å². The average molecular weight is 319 g/mol. The molecule has 0 aromatic heterocycles. The Morgan fingerprint density at radius 2 is 2.11 bits per heavy atom. The van der Waals surface area contributed by atoms with Crippen LogP contribution >= 0.6 is 22.3 Å². The summed E-state index contributed by atoms with van der Waals surface area (Å²) in [5, 5.41) is 8.15. The van der Waals surface area contributed by atoms with Crippen LogP contribution in [-0.4, -0.2) is 26.1 Å². The second-order valence-corrected chi connectivity index (χ2v) is 7.40. The van der Waals surface area contributed by atoms with Gasteiger partial charge in [-0.15, -0.1) is 0 Å². The molecule has 1 aromatic rings. The zero-order chi connectivity index (χ0) is 14.2. The van der Waals surface area contributed by atoms with E-state index in [9.17, 15) is 13.2 Å². The molecule has 0 spiro atoms. The Kier molecular flexibility index (Phi) is 3.72. The van der Waals surface area contributed by atoms with Crippen LogP contribution in [0.25, 0.3) is 0 Å². The Morgan fingerprint density at radius 1 is 1.42 bits per heavy atom. The topological polar surface area (TPSA) is 78.2 Å². The van der Waals surface area contributed by atoms with E-state index in [0.717, 1.165) is 0 Å². The van der Waals surface area contributed by atoms with Crippen molar-refractivity contribution in [2.75, 3.05) is 11.4 Å². The molecule has 1 saturated heterocycles. The maximum atomic E-state index is 11.8. The van der Waals surface area contributed by atoms with Crippen molar-refractivity contribution in [1.82, 2.24) is 0 Å². The molecular formula is C11H8Cl2N2O3S. The van der Waals surface area contributed by atoms with Crippen molar-refractivity contribution < 1.29 is 13.2 Å². The van der Waals surface area contributed by atoms with Crippen LogP contribution in [0.4, 0.5) is 5.69 Å². The Labute approximate surface area is 119 Å². The number of anilines is 1. The average Bonchev–Trinajstić information content (AvgIpc) is 2.72. The minimum atomic E-state index is -3.80. The second kappa shape index (κ2) is 5.00. The van der Waals surface area contributed by atoms with Crippen LogP contribution in [0.1, 0.15) is 12.0 Å². The Bertz CT molecular complexity index is 682. The van der Waals surface area contributed by atoms with Crippen molar-refractivity contribution in [2.45, 2.75) is 11.7 Å². The molecule has 1 heterocycles. The maximum Gasteiger partial charge on any atom is 0.237 e. The van der Waals surface area contributed by atoms with E-state index < -0.39 is 14.3 Å². The monoisotopic (exact) mass is 318 g/mol. The van der Waals surface area contributed by atoms with E-state index in [0.29, 0.717) is 11.3 Å². The number of halogens is 2. The molecule has 0 N–H and O–H groups in total. The molecular weight excluding hydrogens is 311 g/mol. The molecule has 8 heteroatoms. The molecule has 1 atom stereocenters. The summed E-state index contributed by atoms with van der Waals surface area (Å²) in [6, 6.07) is 6.39. The van der Waals surface area contributed by atoms with Gasteiger partial charge in [0, 0.05) is 23.6 Å². The highest BCUT2D eigenvalue weighted by Crippen LogP contribution is 2.32. The van der Waals surface area contributed by atoms with Gasteiger partial charge in [-0.2, -0.15) is 5.26 Å². The molecule has 1 aliphatic rings. The van der Waals surface area contributed by atoms with Crippen LogP contribution in [0.5, 0.6) is 0 Å². The molecule has 100 valence electrons. The van der Waals surface area contributed by atoms with Crippen LogP contribution in [0, 0.1) is 11.3 Å². The van der Waals surface area contributed by atoms with E-state index in [1.54, 1.807) is 0 Å². The predicted octanol–water partition coefficient (Wildman–Crippen LogP) is 1.89. The molecule has 1 unspecified atom stereocenters. The number of benzene rings is 1.